The number of hydrogen-bond acceptors (Lipinski definition) is 4. The lowest BCUT2D eigenvalue weighted by molar-refractivity contribution is -0.138. The molecule has 7 heteroatoms. The van der Waals surface area contributed by atoms with Gasteiger partial charge in [-0.05, 0) is 64.3 Å². The fourth-order valence-corrected chi connectivity index (χ4v) is 5.91. The van der Waals surface area contributed by atoms with Gasteiger partial charge in [0.05, 0.1) is 4.90 Å². The smallest absolute Gasteiger partial charge is 0.243 e. The SMILES string of the molecule is Cc1ccc(S(=O)(=O)N2CCC(C(=O)N(C)C3CCNCC3)CC2)c(C)c1. The standard InChI is InChI=1S/C20H31N3O3S/c1-15-4-5-19(16(2)14-15)27(25,26)23-12-8-17(9-13-23)20(24)22(3)18-6-10-21-11-7-18/h4-5,14,17-18,21H,6-13H2,1-3H3. The zero-order valence-corrected chi connectivity index (χ0v) is 17.4. The molecule has 1 aromatic carbocycles. The highest BCUT2D eigenvalue weighted by atomic mass is 32.2. The van der Waals surface area contributed by atoms with Crippen LogP contribution < -0.4 is 5.32 Å². The molecule has 1 N–H and O–H groups in total. The number of amides is 1. The number of nitrogens with one attached hydrogen (secondary N) is 1. The normalized spacial score (nSPS) is 20.6. The molecule has 3 rings (SSSR count). The lowest BCUT2D eigenvalue weighted by atomic mass is 9.95. The van der Waals surface area contributed by atoms with E-state index in [0.717, 1.165) is 37.1 Å². The van der Waals surface area contributed by atoms with Crippen molar-refractivity contribution in [2.45, 2.75) is 50.5 Å². The van der Waals surface area contributed by atoms with Crippen LogP contribution in [-0.2, 0) is 14.8 Å². The van der Waals surface area contributed by atoms with Gasteiger partial charge in [0, 0.05) is 32.1 Å². The molecule has 2 aliphatic heterocycles. The number of nitrogens with zero attached hydrogens (tertiary/aromatic N) is 2. The van der Waals surface area contributed by atoms with Gasteiger partial charge in [-0.1, -0.05) is 17.7 Å². The van der Waals surface area contributed by atoms with Crippen molar-refractivity contribution >= 4 is 15.9 Å². The van der Waals surface area contributed by atoms with E-state index in [1.165, 1.54) is 0 Å². The predicted molar refractivity (Wildman–Crippen MR) is 106 cm³/mol. The summed E-state index contributed by atoms with van der Waals surface area (Å²) in [5.74, 6) is 0.0981. The van der Waals surface area contributed by atoms with E-state index < -0.39 is 10.0 Å². The van der Waals surface area contributed by atoms with Crippen LogP contribution in [-0.4, -0.2) is 62.8 Å². The minimum absolute atomic E-state index is 0.0737. The van der Waals surface area contributed by atoms with Gasteiger partial charge in [-0.3, -0.25) is 4.79 Å². The number of rotatable bonds is 4. The summed E-state index contributed by atoms with van der Waals surface area (Å²) < 4.78 is 27.5. The molecular weight excluding hydrogens is 362 g/mol. The number of aryl methyl sites for hydroxylation is 2. The zero-order valence-electron chi connectivity index (χ0n) is 16.6. The first-order chi connectivity index (χ1) is 12.8. The molecule has 2 heterocycles. The van der Waals surface area contributed by atoms with Gasteiger partial charge in [0.2, 0.25) is 15.9 Å². The highest BCUT2D eigenvalue weighted by Crippen LogP contribution is 2.27. The minimum Gasteiger partial charge on any atom is -0.342 e. The first kappa shape index (κ1) is 20.3. The average molecular weight is 394 g/mol. The second kappa shape index (κ2) is 8.29. The van der Waals surface area contributed by atoms with Gasteiger partial charge < -0.3 is 10.2 Å². The van der Waals surface area contributed by atoms with Crippen LogP contribution in [0.3, 0.4) is 0 Å². The summed E-state index contributed by atoms with van der Waals surface area (Å²) in [5.41, 5.74) is 1.83. The van der Waals surface area contributed by atoms with Crippen LogP contribution in [0.5, 0.6) is 0 Å². The molecule has 0 bridgehead atoms. The van der Waals surface area contributed by atoms with E-state index in [0.29, 0.717) is 36.9 Å². The lowest BCUT2D eigenvalue weighted by Gasteiger charge is -2.37. The number of sulfonamides is 1. The van der Waals surface area contributed by atoms with Gasteiger partial charge in [-0.25, -0.2) is 8.42 Å². The Hall–Kier alpha value is -1.44. The zero-order chi connectivity index (χ0) is 19.6. The molecule has 150 valence electrons. The number of benzene rings is 1. The third-order valence-electron chi connectivity index (χ3n) is 5.96. The fraction of sp³-hybridized carbons (Fsp3) is 0.650. The Morgan fingerprint density at radius 3 is 2.33 bits per heavy atom. The second-order valence-electron chi connectivity index (χ2n) is 7.88. The number of hydrogen-bond donors (Lipinski definition) is 1. The van der Waals surface area contributed by atoms with E-state index in [9.17, 15) is 13.2 Å². The number of piperidine rings is 2. The first-order valence-corrected chi connectivity index (χ1v) is 11.3. The van der Waals surface area contributed by atoms with Crippen LogP contribution >= 0.6 is 0 Å². The lowest BCUT2D eigenvalue weighted by Crippen LogP contribution is -2.48. The van der Waals surface area contributed by atoms with Gasteiger partial charge in [-0.2, -0.15) is 4.31 Å². The summed E-state index contributed by atoms with van der Waals surface area (Å²) in [6, 6.07) is 5.74. The van der Waals surface area contributed by atoms with E-state index >= 15 is 0 Å². The van der Waals surface area contributed by atoms with E-state index in [4.69, 9.17) is 0 Å². The highest BCUT2D eigenvalue weighted by molar-refractivity contribution is 7.89. The van der Waals surface area contributed by atoms with Gasteiger partial charge in [-0.15, -0.1) is 0 Å². The predicted octanol–water partition coefficient (Wildman–Crippen LogP) is 1.91. The van der Waals surface area contributed by atoms with Gasteiger partial charge >= 0.3 is 0 Å². The van der Waals surface area contributed by atoms with Gasteiger partial charge in [0.25, 0.3) is 0 Å². The van der Waals surface area contributed by atoms with E-state index in [-0.39, 0.29) is 11.8 Å². The summed E-state index contributed by atoms with van der Waals surface area (Å²) >= 11 is 0. The maximum Gasteiger partial charge on any atom is 0.243 e. The van der Waals surface area contributed by atoms with Crippen LogP contribution in [0.4, 0.5) is 0 Å². The molecule has 0 unspecified atom stereocenters. The summed E-state index contributed by atoms with van der Waals surface area (Å²) in [6.07, 6.45) is 3.17. The Bertz CT molecular complexity index is 780. The Labute approximate surface area is 163 Å². The summed E-state index contributed by atoms with van der Waals surface area (Å²) in [6.45, 7) is 6.52. The first-order valence-electron chi connectivity index (χ1n) is 9.85. The molecule has 2 fully saturated rings. The maximum absolute atomic E-state index is 13.0. The molecule has 1 aromatic rings. The topological polar surface area (TPSA) is 69.7 Å². The molecule has 0 aliphatic carbocycles. The molecule has 27 heavy (non-hydrogen) atoms. The van der Waals surface area contributed by atoms with Crippen molar-refractivity contribution in [3.63, 3.8) is 0 Å². The summed E-state index contributed by atoms with van der Waals surface area (Å²) in [4.78, 5) is 15.1. The molecule has 1 amide bonds. The van der Waals surface area contributed by atoms with E-state index in [1.807, 2.05) is 37.9 Å². The Morgan fingerprint density at radius 2 is 1.74 bits per heavy atom. The number of carbonyl (C=O) groups is 1. The average Bonchev–Trinajstić information content (AvgIpc) is 2.67. The van der Waals surface area contributed by atoms with Crippen LogP contribution in [0.2, 0.25) is 0 Å². The van der Waals surface area contributed by atoms with Crippen molar-refractivity contribution in [3.8, 4) is 0 Å². The monoisotopic (exact) mass is 393 g/mol. The van der Waals surface area contributed by atoms with Crippen molar-refractivity contribution < 1.29 is 13.2 Å². The third kappa shape index (κ3) is 4.36. The van der Waals surface area contributed by atoms with Crippen molar-refractivity contribution in [2.24, 2.45) is 5.92 Å². The second-order valence-corrected chi connectivity index (χ2v) is 9.78. The van der Waals surface area contributed by atoms with Gasteiger partial charge in [0.15, 0.2) is 0 Å². The van der Waals surface area contributed by atoms with Crippen LogP contribution in [0, 0.1) is 19.8 Å². The van der Waals surface area contributed by atoms with Gasteiger partial charge in [0.1, 0.15) is 0 Å². The molecule has 0 saturated carbocycles. The fourth-order valence-electron chi connectivity index (χ4n) is 4.23. The van der Waals surface area contributed by atoms with Crippen LogP contribution in [0.25, 0.3) is 0 Å². The molecule has 0 radical (unpaired) electrons. The quantitative estimate of drug-likeness (QED) is 0.848. The van der Waals surface area contributed by atoms with Crippen molar-refractivity contribution in [2.75, 3.05) is 33.2 Å². The number of carbonyl (C=O) groups excluding carboxylic acids is 1. The maximum atomic E-state index is 13.0. The van der Waals surface area contributed by atoms with Crippen LogP contribution in [0.15, 0.2) is 23.1 Å². The minimum atomic E-state index is -3.50. The highest BCUT2D eigenvalue weighted by Gasteiger charge is 2.35. The Morgan fingerprint density at radius 1 is 1.11 bits per heavy atom. The van der Waals surface area contributed by atoms with E-state index in [1.54, 1.807) is 10.4 Å². The molecule has 6 nitrogen and oxygen atoms in total. The molecule has 0 aromatic heterocycles. The Balaban J connectivity index is 1.63. The van der Waals surface area contributed by atoms with Crippen molar-refractivity contribution in [1.29, 1.82) is 0 Å². The molecule has 2 saturated heterocycles. The Kier molecular flexibility index (Phi) is 6.23. The summed E-state index contributed by atoms with van der Waals surface area (Å²) in [5, 5.41) is 3.32. The van der Waals surface area contributed by atoms with E-state index in [2.05, 4.69) is 5.32 Å². The van der Waals surface area contributed by atoms with Crippen molar-refractivity contribution in [1.82, 2.24) is 14.5 Å². The molecular formula is C20H31N3O3S. The largest absolute Gasteiger partial charge is 0.342 e. The third-order valence-corrected chi connectivity index (χ3v) is 8.01. The molecule has 2 aliphatic rings. The van der Waals surface area contributed by atoms with Crippen LogP contribution in [0.1, 0.15) is 36.8 Å². The molecule has 0 atom stereocenters. The molecule has 0 spiro atoms. The summed E-state index contributed by atoms with van der Waals surface area (Å²) in [7, 11) is -1.60. The van der Waals surface area contributed by atoms with Crippen molar-refractivity contribution in [3.05, 3.63) is 29.3 Å².